The van der Waals surface area contributed by atoms with Gasteiger partial charge in [-0.3, -0.25) is 4.79 Å². The highest BCUT2D eigenvalue weighted by molar-refractivity contribution is 5.76. The van der Waals surface area contributed by atoms with Crippen LogP contribution in [0.1, 0.15) is 38.7 Å². The van der Waals surface area contributed by atoms with E-state index in [4.69, 9.17) is 4.74 Å². The number of carbonyl (C=O) groups is 1. The summed E-state index contributed by atoms with van der Waals surface area (Å²) < 4.78 is 5.95. The van der Waals surface area contributed by atoms with Gasteiger partial charge in [-0.25, -0.2) is 0 Å². The Bertz CT molecular complexity index is 470. The summed E-state index contributed by atoms with van der Waals surface area (Å²) in [7, 11) is 0. The van der Waals surface area contributed by atoms with Crippen molar-refractivity contribution < 1.29 is 9.53 Å². The lowest BCUT2D eigenvalue weighted by Gasteiger charge is -2.33. The monoisotopic (exact) mass is 289 g/mol. The summed E-state index contributed by atoms with van der Waals surface area (Å²) in [6.45, 7) is 8.72. The molecule has 0 N–H and O–H groups in total. The van der Waals surface area contributed by atoms with E-state index >= 15 is 0 Å². The molecule has 0 saturated carbocycles. The summed E-state index contributed by atoms with van der Waals surface area (Å²) in [6, 6.07) is 8.10. The lowest BCUT2D eigenvalue weighted by Crippen LogP contribution is -2.41. The third-order valence-electron chi connectivity index (χ3n) is 4.02. The molecule has 1 aliphatic heterocycles. The molecule has 3 nitrogen and oxygen atoms in total. The van der Waals surface area contributed by atoms with Crippen molar-refractivity contribution in [1.29, 1.82) is 0 Å². The van der Waals surface area contributed by atoms with Crippen molar-refractivity contribution in [2.24, 2.45) is 11.8 Å². The second-order valence-electron chi connectivity index (χ2n) is 6.52. The molecule has 0 aliphatic carbocycles. The van der Waals surface area contributed by atoms with Gasteiger partial charge in [-0.1, -0.05) is 32.0 Å². The summed E-state index contributed by atoms with van der Waals surface area (Å²) in [6.07, 6.45) is 2.90. The number of likely N-dealkylation sites (tertiary alicyclic amines) is 1. The van der Waals surface area contributed by atoms with Gasteiger partial charge in [-0.05, 0) is 37.3 Å². The van der Waals surface area contributed by atoms with E-state index in [2.05, 4.69) is 26.8 Å². The summed E-state index contributed by atoms with van der Waals surface area (Å²) in [5.41, 5.74) is 1.17. The van der Waals surface area contributed by atoms with Crippen LogP contribution in [-0.2, 0) is 4.79 Å². The van der Waals surface area contributed by atoms with Crippen molar-refractivity contribution in [1.82, 2.24) is 4.90 Å². The molecule has 1 heterocycles. The number of benzene rings is 1. The summed E-state index contributed by atoms with van der Waals surface area (Å²) in [4.78, 5) is 14.2. The first-order chi connectivity index (χ1) is 10.1. The van der Waals surface area contributed by atoms with Gasteiger partial charge < -0.3 is 9.64 Å². The van der Waals surface area contributed by atoms with Crippen molar-refractivity contribution in [3.8, 4) is 5.75 Å². The number of hydrogen-bond acceptors (Lipinski definition) is 2. The molecule has 1 saturated heterocycles. The number of para-hydroxylation sites is 1. The minimum atomic E-state index is 0.297. The van der Waals surface area contributed by atoms with E-state index in [1.807, 2.05) is 23.1 Å². The highest BCUT2D eigenvalue weighted by atomic mass is 16.5. The van der Waals surface area contributed by atoms with Crippen LogP contribution in [0.4, 0.5) is 0 Å². The predicted octanol–water partition coefficient (Wildman–Crippen LogP) is 3.66. The summed E-state index contributed by atoms with van der Waals surface area (Å²) in [5, 5.41) is 0. The van der Waals surface area contributed by atoms with Gasteiger partial charge in [0.05, 0.1) is 6.61 Å². The Kier molecular flexibility index (Phi) is 5.66. The van der Waals surface area contributed by atoms with E-state index in [0.29, 0.717) is 30.8 Å². The zero-order valence-electron chi connectivity index (χ0n) is 13.5. The Morgan fingerprint density at radius 1 is 1.38 bits per heavy atom. The van der Waals surface area contributed by atoms with Gasteiger partial charge in [0.1, 0.15) is 5.75 Å². The zero-order valence-corrected chi connectivity index (χ0v) is 13.5. The Hall–Kier alpha value is -1.51. The average molecular weight is 289 g/mol. The molecular formula is C18H27NO2. The fourth-order valence-electron chi connectivity index (χ4n) is 2.83. The second-order valence-corrected chi connectivity index (χ2v) is 6.52. The second kappa shape index (κ2) is 7.48. The maximum absolute atomic E-state index is 12.2. The SMILES string of the molecule is Cc1ccccc1OCC1CCCN(C(=O)CC(C)C)C1. The largest absolute Gasteiger partial charge is 0.493 e. The van der Waals surface area contributed by atoms with Gasteiger partial charge in [-0.2, -0.15) is 0 Å². The molecule has 0 radical (unpaired) electrons. The number of ether oxygens (including phenoxy) is 1. The van der Waals surface area contributed by atoms with Crippen molar-refractivity contribution >= 4 is 5.91 Å². The first-order valence-electron chi connectivity index (χ1n) is 8.02. The molecule has 0 bridgehead atoms. The van der Waals surface area contributed by atoms with Gasteiger partial charge in [0.15, 0.2) is 0 Å². The lowest BCUT2D eigenvalue weighted by atomic mass is 9.98. The minimum Gasteiger partial charge on any atom is -0.493 e. The summed E-state index contributed by atoms with van der Waals surface area (Å²) >= 11 is 0. The highest BCUT2D eigenvalue weighted by Crippen LogP contribution is 2.22. The number of carbonyl (C=O) groups excluding carboxylic acids is 1. The van der Waals surface area contributed by atoms with E-state index in [9.17, 15) is 4.79 Å². The topological polar surface area (TPSA) is 29.5 Å². The zero-order chi connectivity index (χ0) is 15.2. The molecule has 1 aliphatic rings. The predicted molar refractivity (Wildman–Crippen MR) is 85.4 cm³/mol. The van der Waals surface area contributed by atoms with E-state index in [0.717, 1.165) is 31.7 Å². The third kappa shape index (κ3) is 4.76. The van der Waals surface area contributed by atoms with Crippen LogP contribution < -0.4 is 4.74 Å². The Labute approximate surface area is 128 Å². The molecule has 1 fully saturated rings. The van der Waals surface area contributed by atoms with Gasteiger partial charge in [0.25, 0.3) is 0 Å². The van der Waals surface area contributed by atoms with Crippen LogP contribution in [0.3, 0.4) is 0 Å². The van der Waals surface area contributed by atoms with Crippen LogP contribution in [0.2, 0.25) is 0 Å². The number of hydrogen-bond donors (Lipinski definition) is 0. The molecule has 1 aromatic carbocycles. The fourth-order valence-corrected chi connectivity index (χ4v) is 2.83. The van der Waals surface area contributed by atoms with Crippen molar-refractivity contribution in [2.75, 3.05) is 19.7 Å². The first kappa shape index (κ1) is 15.9. The van der Waals surface area contributed by atoms with Crippen molar-refractivity contribution in [2.45, 2.75) is 40.0 Å². The normalized spacial score (nSPS) is 18.9. The highest BCUT2D eigenvalue weighted by Gasteiger charge is 2.24. The molecule has 1 aromatic rings. The quantitative estimate of drug-likeness (QED) is 0.828. The molecule has 1 atom stereocenters. The van der Waals surface area contributed by atoms with Crippen LogP contribution in [0, 0.1) is 18.8 Å². The first-order valence-corrected chi connectivity index (χ1v) is 8.02. The number of nitrogens with zero attached hydrogens (tertiary/aromatic N) is 1. The van der Waals surface area contributed by atoms with Gasteiger partial charge in [0, 0.05) is 25.4 Å². The van der Waals surface area contributed by atoms with E-state index < -0.39 is 0 Å². The summed E-state index contributed by atoms with van der Waals surface area (Å²) in [5.74, 6) is 2.14. The van der Waals surface area contributed by atoms with Gasteiger partial charge in [-0.15, -0.1) is 0 Å². The third-order valence-corrected chi connectivity index (χ3v) is 4.02. The van der Waals surface area contributed by atoms with Crippen LogP contribution in [0.15, 0.2) is 24.3 Å². The molecule has 1 amide bonds. The number of rotatable bonds is 5. The molecule has 116 valence electrons. The smallest absolute Gasteiger partial charge is 0.222 e. The van der Waals surface area contributed by atoms with E-state index in [1.54, 1.807) is 0 Å². The maximum atomic E-state index is 12.2. The average Bonchev–Trinajstić information content (AvgIpc) is 2.46. The van der Waals surface area contributed by atoms with Crippen LogP contribution >= 0.6 is 0 Å². The van der Waals surface area contributed by atoms with Crippen molar-refractivity contribution in [3.05, 3.63) is 29.8 Å². The minimum absolute atomic E-state index is 0.297. The Balaban J connectivity index is 1.84. The lowest BCUT2D eigenvalue weighted by molar-refractivity contribution is -0.134. The van der Waals surface area contributed by atoms with Gasteiger partial charge >= 0.3 is 0 Å². The Morgan fingerprint density at radius 2 is 2.14 bits per heavy atom. The van der Waals surface area contributed by atoms with Crippen LogP contribution in [0.25, 0.3) is 0 Å². The van der Waals surface area contributed by atoms with Gasteiger partial charge in [0.2, 0.25) is 5.91 Å². The standard InChI is InChI=1S/C18H27NO2/c1-14(2)11-18(20)19-10-6-8-16(12-19)13-21-17-9-5-4-7-15(17)3/h4-5,7,9,14,16H,6,8,10-13H2,1-3H3. The van der Waals surface area contributed by atoms with Crippen molar-refractivity contribution in [3.63, 3.8) is 0 Å². The van der Waals surface area contributed by atoms with E-state index in [-0.39, 0.29) is 0 Å². The number of piperidine rings is 1. The molecule has 0 aromatic heterocycles. The fraction of sp³-hybridized carbons (Fsp3) is 0.611. The Morgan fingerprint density at radius 3 is 2.86 bits per heavy atom. The molecule has 1 unspecified atom stereocenters. The van der Waals surface area contributed by atoms with Crippen LogP contribution in [-0.4, -0.2) is 30.5 Å². The number of amides is 1. The van der Waals surface area contributed by atoms with Crippen LogP contribution in [0.5, 0.6) is 5.75 Å². The number of aryl methyl sites for hydroxylation is 1. The van der Waals surface area contributed by atoms with E-state index in [1.165, 1.54) is 5.56 Å². The molecule has 2 rings (SSSR count). The molecular weight excluding hydrogens is 262 g/mol. The molecule has 0 spiro atoms. The maximum Gasteiger partial charge on any atom is 0.222 e. The molecule has 21 heavy (non-hydrogen) atoms. The molecule has 3 heteroatoms.